The van der Waals surface area contributed by atoms with Crippen LogP contribution in [-0.2, 0) is 25.4 Å². The maximum atomic E-state index is 9.27. The molecule has 1 unspecified atom stereocenters. The van der Waals surface area contributed by atoms with Gasteiger partial charge in [0.2, 0.25) is 0 Å². The number of hydrogen-bond donors (Lipinski definition) is 1. The average molecular weight is 467 g/mol. The molecule has 2 rings (SSSR count). The molecule has 1 aromatic rings. The van der Waals surface area contributed by atoms with Crippen LogP contribution in [0, 0.1) is 12.0 Å². The Balaban J connectivity index is -0.000000343. The standard InChI is InChI=1S/C10H13ClO.C9H13.C3H6.2ClH.Ti/c1-10(2,3)7-4-8(11)6-9(12)5-7;1-6-5-7(2)9(4)8(6)3;1-3-2;;;/h4-6,12H,1-3H3;6H,1-4H3;1-2H3;2*1H;/q;-1;;;;+1/p-2. The number of rotatable bonds is 0. The minimum Gasteiger partial charge on any atom is -1.00 e. The Morgan fingerprint density at radius 2 is 1.52 bits per heavy atom. The van der Waals surface area contributed by atoms with E-state index in [1.807, 2.05) is 6.07 Å². The molecule has 0 fully saturated rings. The van der Waals surface area contributed by atoms with E-state index in [0.717, 1.165) is 5.56 Å². The van der Waals surface area contributed by atoms with E-state index in [9.17, 15) is 5.11 Å². The fraction of sp³-hybridized carbons (Fsp3) is 0.500. The quantitative estimate of drug-likeness (QED) is 0.443. The summed E-state index contributed by atoms with van der Waals surface area (Å²) in [4.78, 5) is 0. The van der Waals surface area contributed by atoms with Gasteiger partial charge in [-0.05, 0) is 29.2 Å². The summed E-state index contributed by atoms with van der Waals surface area (Å²) in [7, 11) is 0. The molecule has 0 saturated heterocycles. The number of aromatic hydroxyl groups is 1. The Morgan fingerprint density at radius 3 is 1.74 bits per heavy atom. The van der Waals surface area contributed by atoms with E-state index >= 15 is 0 Å². The molecule has 0 aliphatic heterocycles. The molecule has 0 aromatic heterocycles. The number of allylic oxidation sites excluding steroid dienone is 4. The van der Waals surface area contributed by atoms with Crippen LogP contribution < -0.4 is 24.8 Å². The smallest absolute Gasteiger partial charge is 1.00 e. The van der Waals surface area contributed by atoms with Gasteiger partial charge in [-0.25, -0.2) is 5.57 Å². The summed E-state index contributed by atoms with van der Waals surface area (Å²) in [5, 5.41) is 9.86. The van der Waals surface area contributed by atoms with Crippen LogP contribution in [0.5, 0.6) is 5.75 Å². The minimum absolute atomic E-state index is 0. The Kier molecular flexibility index (Phi) is 16.4. The van der Waals surface area contributed by atoms with Crippen LogP contribution in [-0.4, -0.2) is 8.92 Å². The van der Waals surface area contributed by atoms with Gasteiger partial charge in [0.25, 0.3) is 0 Å². The van der Waals surface area contributed by atoms with Gasteiger partial charge in [-0.3, -0.25) is 6.08 Å². The first-order chi connectivity index (χ1) is 11.3. The van der Waals surface area contributed by atoms with Gasteiger partial charge >= 0.3 is 37.6 Å². The summed E-state index contributed by atoms with van der Waals surface area (Å²) >= 11 is 7.88. The SMILES string of the molecule is CC(C)(C)c1cc(O)cc(Cl)c1.CC1=[C-]C(C)C(C)=C1C.C[C](C)=[Ti+].[Cl-].[Cl-]. The molecule has 1 aliphatic rings. The van der Waals surface area contributed by atoms with Gasteiger partial charge in [-0.1, -0.05) is 59.1 Å². The van der Waals surface area contributed by atoms with Crippen molar-refractivity contribution in [2.24, 2.45) is 5.92 Å². The van der Waals surface area contributed by atoms with E-state index in [4.69, 9.17) is 11.6 Å². The zero-order valence-corrected chi connectivity index (χ0v) is 21.7. The molecular formula is C22H32Cl3OTi-2. The van der Waals surface area contributed by atoms with Crippen molar-refractivity contribution in [3.05, 3.63) is 51.6 Å². The second kappa shape index (κ2) is 14.0. The second-order valence-corrected chi connectivity index (χ2v) is 9.75. The normalized spacial score (nSPS) is 15.3. The van der Waals surface area contributed by atoms with Gasteiger partial charge in [0.05, 0.1) is 0 Å². The molecule has 1 N–H and O–H groups in total. The number of phenolic OH excluding ortho intramolecular Hbond substituents is 1. The molecule has 1 aromatic carbocycles. The van der Waals surface area contributed by atoms with Gasteiger partial charge in [-0.2, -0.15) is 11.1 Å². The second-order valence-electron chi connectivity index (χ2n) is 7.75. The van der Waals surface area contributed by atoms with Crippen LogP contribution in [0.2, 0.25) is 5.02 Å². The van der Waals surface area contributed by atoms with Crippen molar-refractivity contribution in [3.63, 3.8) is 0 Å². The van der Waals surface area contributed by atoms with Crippen molar-refractivity contribution in [2.75, 3.05) is 0 Å². The Bertz CT molecular complexity index is 646. The largest absolute Gasteiger partial charge is 1.00 e. The summed E-state index contributed by atoms with van der Waals surface area (Å²) in [6.07, 6.45) is 3.36. The summed E-state index contributed by atoms with van der Waals surface area (Å²) < 4.78 is 1.42. The van der Waals surface area contributed by atoms with Gasteiger partial charge in [0, 0.05) is 5.02 Å². The maximum absolute atomic E-state index is 9.27. The van der Waals surface area contributed by atoms with Crippen LogP contribution in [0.25, 0.3) is 0 Å². The molecule has 0 saturated carbocycles. The molecule has 0 heterocycles. The third-order valence-corrected chi connectivity index (χ3v) is 4.20. The molecule has 1 aliphatic carbocycles. The van der Waals surface area contributed by atoms with Gasteiger partial charge < -0.3 is 29.9 Å². The molecule has 153 valence electrons. The zero-order chi connectivity index (χ0) is 19.9. The molecule has 0 amide bonds. The van der Waals surface area contributed by atoms with Crippen LogP contribution >= 0.6 is 11.6 Å². The van der Waals surface area contributed by atoms with Crippen molar-refractivity contribution in [3.8, 4) is 5.75 Å². The number of hydrogen-bond acceptors (Lipinski definition) is 1. The Labute approximate surface area is 195 Å². The van der Waals surface area contributed by atoms with Crippen LogP contribution in [0.4, 0.5) is 0 Å². The predicted octanol–water partition coefficient (Wildman–Crippen LogP) is 0.818. The topological polar surface area (TPSA) is 20.2 Å². The van der Waals surface area contributed by atoms with E-state index in [2.05, 4.69) is 88.4 Å². The van der Waals surface area contributed by atoms with E-state index < -0.39 is 0 Å². The Hall–Kier alpha value is -0.0457. The number of phenols is 1. The van der Waals surface area contributed by atoms with Gasteiger partial charge in [0.15, 0.2) is 0 Å². The Morgan fingerprint density at radius 1 is 1.07 bits per heavy atom. The fourth-order valence-corrected chi connectivity index (χ4v) is 2.40. The minimum atomic E-state index is 0. The van der Waals surface area contributed by atoms with E-state index in [0.29, 0.717) is 10.9 Å². The van der Waals surface area contributed by atoms with Gasteiger partial charge in [0.1, 0.15) is 5.75 Å². The van der Waals surface area contributed by atoms with Crippen molar-refractivity contribution >= 4 is 15.4 Å². The van der Waals surface area contributed by atoms with Gasteiger partial charge in [-0.15, -0.1) is 6.92 Å². The first kappa shape index (κ1) is 31.6. The molecule has 27 heavy (non-hydrogen) atoms. The van der Waals surface area contributed by atoms with E-state index in [1.165, 1.54) is 26.6 Å². The summed E-state index contributed by atoms with van der Waals surface area (Å²) in [6, 6.07) is 5.16. The van der Waals surface area contributed by atoms with Crippen LogP contribution in [0.3, 0.4) is 0 Å². The average Bonchev–Trinajstić information content (AvgIpc) is 2.63. The van der Waals surface area contributed by atoms with Crippen LogP contribution in [0.15, 0.2) is 34.9 Å². The number of benzene rings is 1. The predicted molar refractivity (Wildman–Crippen MR) is 108 cm³/mol. The van der Waals surface area contributed by atoms with Crippen molar-refractivity contribution in [1.29, 1.82) is 0 Å². The van der Waals surface area contributed by atoms with E-state index in [1.54, 1.807) is 6.07 Å². The first-order valence-corrected chi connectivity index (χ1v) is 9.71. The van der Waals surface area contributed by atoms with Crippen molar-refractivity contribution in [1.82, 2.24) is 0 Å². The molecule has 1 nitrogen and oxygen atoms in total. The summed E-state index contributed by atoms with van der Waals surface area (Å²) in [5.74, 6) is 0.789. The molecular weight excluding hydrogens is 434 g/mol. The first-order valence-electron chi connectivity index (χ1n) is 8.55. The molecule has 0 radical (unpaired) electrons. The van der Waals surface area contributed by atoms with Crippen molar-refractivity contribution in [2.45, 2.75) is 67.7 Å². The summed E-state index contributed by atoms with van der Waals surface area (Å²) in [5.41, 5.74) is 5.32. The molecule has 1 atom stereocenters. The third-order valence-electron chi connectivity index (χ3n) is 3.99. The molecule has 0 spiro atoms. The third kappa shape index (κ3) is 12.9. The molecule has 0 bridgehead atoms. The fourth-order valence-electron chi connectivity index (χ4n) is 2.17. The van der Waals surface area contributed by atoms with Crippen LogP contribution in [0.1, 0.15) is 67.9 Å². The maximum Gasteiger partial charge on any atom is -1.00 e. The number of halogens is 3. The van der Waals surface area contributed by atoms with Crippen molar-refractivity contribution < 1.29 is 49.9 Å². The summed E-state index contributed by atoms with van der Waals surface area (Å²) in [6.45, 7) is 19.1. The monoisotopic (exact) mass is 465 g/mol. The van der Waals surface area contributed by atoms with E-state index in [-0.39, 0.29) is 36.0 Å². The molecule has 5 heteroatoms. The zero-order valence-electron chi connectivity index (χ0n) is 17.9.